The van der Waals surface area contributed by atoms with Gasteiger partial charge in [-0.05, 0) is 24.5 Å². The van der Waals surface area contributed by atoms with E-state index >= 15 is 0 Å². The summed E-state index contributed by atoms with van der Waals surface area (Å²) < 4.78 is 1.91. The van der Waals surface area contributed by atoms with Crippen molar-refractivity contribution in [2.45, 2.75) is 58.2 Å². The largest absolute Gasteiger partial charge is 0.326 e. The Balaban J connectivity index is 2.16. The third kappa shape index (κ3) is 2.08. The monoisotopic (exact) mass is 273 g/mol. The average Bonchev–Trinajstić information content (AvgIpc) is 2.62. The summed E-state index contributed by atoms with van der Waals surface area (Å²) in [6, 6.07) is 7.13. The fraction of sp³-hybridized carbons (Fsp3) is 0.562. The second kappa shape index (κ2) is 5.09. The van der Waals surface area contributed by atoms with E-state index in [-0.39, 0.29) is 5.69 Å². The van der Waals surface area contributed by atoms with Crippen LogP contribution in [0.25, 0.3) is 11.0 Å². The maximum Gasteiger partial charge on any atom is 0.326 e. The van der Waals surface area contributed by atoms with Gasteiger partial charge >= 0.3 is 5.69 Å². The lowest BCUT2D eigenvalue weighted by atomic mass is 9.87. The Morgan fingerprint density at radius 1 is 1.45 bits per heavy atom. The molecule has 0 bridgehead atoms. The van der Waals surface area contributed by atoms with E-state index in [2.05, 4.69) is 43.2 Å². The van der Waals surface area contributed by atoms with E-state index in [1.54, 1.807) is 0 Å². The second-order valence-electron chi connectivity index (χ2n) is 6.06. The molecule has 0 radical (unpaired) electrons. The van der Waals surface area contributed by atoms with Crippen LogP contribution in [0.1, 0.15) is 45.1 Å². The van der Waals surface area contributed by atoms with Crippen molar-refractivity contribution in [2.75, 3.05) is 0 Å². The van der Waals surface area contributed by atoms with Gasteiger partial charge in [-0.15, -0.1) is 0 Å². The summed E-state index contributed by atoms with van der Waals surface area (Å²) >= 11 is 0. The van der Waals surface area contributed by atoms with Gasteiger partial charge in [-0.2, -0.15) is 0 Å². The molecule has 2 unspecified atom stereocenters. The maximum absolute atomic E-state index is 12.1. The Hall–Kier alpha value is -1.55. The Kier molecular flexibility index (Phi) is 3.42. The van der Waals surface area contributed by atoms with Crippen molar-refractivity contribution in [3.8, 4) is 0 Å². The molecule has 0 saturated heterocycles. The van der Waals surface area contributed by atoms with Gasteiger partial charge in [-0.1, -0.05) is 32.9 Å². The molecule has 1 aromatic heterocycles. The van der Waals surface area contributed by atoms with Gasteiger partial charge in [-0.25, -0.2) is 4.79 Å². The summed E-state index contributed by atoms with van der Waals surface area (Å²) in [4.78, 5) is 15.1. The van der Waals surface area contributed by atoms with Crippen LogP contribution < -0.4 is 11.0 Å². The van der Waals surface area contributed by atoms with Crippen molar-refractivity contribution in [2.24, 2.45) is 0 Å². The zero-order chi connectivity index (χ0) is 14.3. The summed E-state index contributed by atoms with van der Waals surface area (Å²) in [6.45, 7) is 7.40. The number of imidazole rings is 1. The molecule has 0 saturated carbocycles. The number of para-hydroxylation sites is 1. The van der Waals surface area contributed by atoms with Gasteiger partial charge in [0.1, 0.15) is 0 Å². The van der Waals surface area contributed by atoms with Crippen LogP contribution in [0.5, 0.6) is 0 Å². The van der Waals surface area contributed by atoms with E-state index in [9.17, 15) is 4.79 Å². The molecule has 4 heteroatoms. The lowest BCUT2D eigenvalue weighted by Crippen LogP contribution is -2.39. The van der Waals surface area contributed by atoms with Crippen molar-refractivity contribution in [3.05, 3.63) is 34.2 Å². The van der Waals surface area contributed by atoms with E-state index in [1.807, 2.05) is 10.6 Å². The van der Waals surface area contributed by atoms with Crippen molar-refractivity contribution in [1.82, 2.24) is 14.9 Å². The minimum absolute atomic E-state index is 0.0208. The second-order valence-corrected chi connectivity index (χ2v) is 6.06. The van der Waals surface area contributed by atoms with E-state index in [1.165, 1.54) is 5.56 Å². The normalized spacial score (nSPS) is 22.4. The molecule has 2 heterocycles. The Bertz CT molecular complexity index is 668. The van der Waals surface area contributed by atoms with E-state index in [4.69, 9.17) is 0 Å². The summed E-state index contributed by atoms with van der Waals surface area (Å²) in [5, 5.41) is 3.68. The highest BCUT2D eigenvalue weighted by Gasteiger charge is 2.28. The van der Waals surface area contributed by atoms with Crippen LogP contribution in [-0.2, 0) is 6.54 Å². The Morgan fingerprint density at radius 3 is 2.95 bits per heavy atom. The van der Waals surface area contributed by atoms with Crippen LogP contribution in [0.15, 0.2) is 23.0 Å². The molecule has 1 aliphatic rings. The number of H-pyrrole nitrogens is 1. The number of benzene rings is 1. The van der Waals surface area contributed by atoms with Gasteiger partial charge in [0.2, 0.25) is 0 Å². The van der Waals surface area contributed by atoms with Gasteiger partial charge in [0.15, 0.2) is 0 Å². The van der Waals surface area contributed by atoms with E-state index in [0.29, 0.717) is 18.0 Å². The molecule has 0 amide bonds. The first-order chi connectivity index (χ1) is 9.61. The topological polar surface area (TPSA) is 49.8 Å². The highest BCUT2D eigenvalue weighted by molar-refractivity contribution is 5.80. The number of aryl methyl sites for hydroxylation is 1. The predicted molar refractivity (Wildman–Crippen MR) is 82.3 cm³/mol. The molecule has 20 heavy (non-hydrogen) atoms. The first-order valence-corrected chi connectivity index (χ1v) is 7.59. The first kappa shape index (κ1) is 13.4. The van der Waals surface area contributed by atoms with Gasteiger partial charge in [0, 0.05) is 24.5 Å². The van der Waals surface area contributed by atoms with Gasteiger partial charge in [0.05, 0.1) is 11.0 Å². The molecule has 1 aromatic carbocycles. The number of nitrogens with zero attached hydrogens (tertiary/aromatic N) is 1. The summed E-state index contributed by atoms with van der Waals surface area (Å²) in [7, 11) is 0. The number of hydrogen-bond acceptors (Lipinski definition) is 2. The molecule has 2 N–H and O–H groups in total. The van der Waals surface area contributed by atoms with E-state index < -0.39 is 0 Å². The van der Waals surface area contributed by atoms with Gasteiger partial charge < -0.3 is 10.3 Å². The smallest absolute Gasteiger partial charge is 0.311 e. The fourth-order valence-corrected chi connectivity index (χ4v) is 3.58. The average molecular weight is 273 g/mol. The molecule has 0 spiro atoms. The highest BCUT2D eigenvalue weighted by atomic mass is 16.1. The third-order valence-corrected chi connectivity index (χ3v) is 4.36. The number of rotatable bonds is 3. The molecule has 4 nitrogen and oxygen atoms in total. The first-order valence-electron chi connectivity index (χ1n) is 7.59. The Morgan fingerprint density at radius 2 is 2.25 bits per heavy atom. The third-order valence-electron chi connectivity index (χ3n) is 4.36. The minimum atomic E-state index is 0.0208. The van der Waals surface area contributed by atoms with Crippen LogP contribution in [0.2, 0.25) is 0 Å². The van der Waals surface area contributed by atoms with E-state index in [0.717, 1.165) is 30.4 Å². The number of aromatic nitrogens is 2. The quantitative estimate of drug-likeness (QED) is 0.903. The van der Waals surface area contributed by atoms with Gasteiger partial charge in [0.25, 0.3) is 0 Å². The molecule has 1 aliphatic heterocycles. The SMILES string of the molecule is CCC1c2cccc3[nH]c(=O)n(c23)CCC1NC(C)C. The lowest BCUT2D eigenvalue weighted by Gasteiger charge is -2.28. The number of hydrogen-bond donors (Lipinski definition) is 2. The predicted octanol–water partition coefficient (Wildman–Crippen LogP) is 2.59. The van der Waals surface area contributed by atoms with Crippen LogP contribution in [0.3, 0.4) is 0 Å². The zero-order valence-electron chi connectivity index (χ0n) is 12.4. The van der Waals surface area contributed by atoms with Crippen LogP contribution in [0.4, 0.5) is 0 Å². The van der Waals surface area contributed by atoms with Crippen LogP contribution >= 0.6 is 0 Å². The Labute approximate surface area is 119 Å². The number of aromatic amines is 1. The van der Waals surface area contributed by atoms with Crippen molar-refractivity contribution >= 4 is 11.0 Å². The highest BCUT2D eigenvalue weighted by Crippen LogP contribution is 2.33. The van der Waals surface area contributed by atoms with Crippen molar-refractivity contribution < 1.29 is 0 Å². The molecule has 108 valence electrons. The molecule has 2 aromatic rings. The van der Waals surface area contributed by atoms with Gasteiger partial charge in [-0.3, -0.25) is 4.57 Å². The fourth-order valence-electron chi connectivity index (χ4n) is 3.58. The number of nitrogens with one attached hydrogen (secondary N) is 2. The summed E-state index contributed by atoms with van der Waals surface area (Å²) in [5.41, 5.74) is 3.40. The standard InChI is InChI=1S/C16H23N3O/c1-4-11-12-6-5-7-14-15(12)19(16(20)18-14)9-8-13(11)17-10(2)3/h5-7,10-11,13,17H,4,8-9H2,1-3H3,(H,18,20). The molecule has 3 rings (SSSR count). The molecule has 0 aliphatic carbocycles. The lowest BCUT2D eigenvalue weighted by molar-refractivity contribution is 0.365. The maximum atomic E-state index is 12.1. The summed E-state index contributed by atoms with van der Waals surface area (Å²) in [6.07, 6.45) is 2.08. The van der Waals surface area contributed by atoms with Crippen LogP contribution in [-0.4, -0.2) is 21.6 Å². The molecule has 2 atom stereocenters. The minimum Gasteiger partial charge on any atom is -0.311 e. The summed E-state index contributed by atoms with van der Waals surface area (Å²) in [5.74, 6) is 0.463. The molecule has 0 fully saturated rings. The van der Waals surface area contributed by atoms with Crippen molar-refractivity contribution in [1.29, 1.82) is 0 Å². The van der Waals surface area contributed by atoms with Crippen LogP contribution in [0, 0.1) is 0 Å². The molecular formula is C16H23N3O. The van der Waals surface area contributed by atoms with Crippen molar-refractivity contribution in [3.63, 3.8) is 0 Å². The molecular weight excluding hydrogens is 250 g/mol. The zero-order valence-corrected chi connectivity index (χ0v) is 12.4.